The lowest BCUT2D eigenvalue weighted by Gasteiger charge is -2.21. The lowest BCUT2D eigenvalue weighted by Crippen LogP contribution is -2.37. The van der Waals surface area contributed by atoms with Crippen LogP contribution in [0.4, 0.5) is 5.13 Å². The maximum atomic E-state index is 13.4. The van der Waals surface area contributed by atoms with Crippen LogP contribution in [0.2, 0.25) is 0 Å². The van der Waals surface area contributed by atoms with Crippen LogP contribution in [0.1, 0.15) is 17.5 Å². The molecule has 0 saturated heterocycles. The highest BCUT2D eigenvalue weighted by Gasteiger charge is 2.22. The van der Waals surface area contributed by atoms with E-state index in [1.807, 2.05) is 20.2 Å². The van der Waals surface area contributed by atoms with Crippen LogP contribution in [0.25, 0.3) is 21.3 Å². The standard InChI is InChI=1S/C23H26N4O3S/c1-15-10-11-19-21(16(15)2)24-22(31-19)26(13-7-12-25(3)4)20(28)14-27-17-8-5-6-9-18(17)30-23(27)29/h5-6,8-11H,7,12-14H2,1-4H3. The third-order valence-corrected chi connectivity index (χ3v) is 6.50. The Morgan fingerprint density at radius 2 is 1.90 bits per heavy atom. The van der Waals surface area contributed by atoms with Gasteiger partial charge in [-0.05, 0) is 70.2 Å². The highest BCUT2D eigenvalue weighted by Crippen LogP contribution is 2.32. The lowest BCUT2D eigenvalue weighted by molar-refractivity contribution is -0.119. The zero-order valence-corrected chi connectivity index (χ0v) is 19.0. The number of nitrogens with zero attached hydrogens (tertiary/aromatic N) is 4. The Morgan fingerprint density at radius 1 is 1.13 bits per heavy atom. The number of thiazole rings is 1. The zero-order valence-electron chi connectivity index (χ0n) is 18.2. The molecule has 0 N–H and O–H groups in total. The predicted molar refractivity (Wildman–Crippen MR) is 125 cm³/mol. The van der Waals surface area contributed by atoms with Gasteiger partial charge in [-0.15, -0.1) is 0 Å². The molecule has 31 heavy (non-hydrogen) atoms. The Labute approximate surface area is 184 Å². The molecule has 8 heteroatoms. The number of amides is 1. The van der Waals surface area contributed by atoms with Gasteiger partial charge in [0.15, 0.2) is 10.7 Å². The first-order chi connectivity index (χ1) is 14.8. The van der Waals surface area contributed by atoms with Crippen LogP contribution < -0.4 is 10.7 Å². The van der Waals surface area contributed by atoms with E-state index in [4.69, 9.17) is 9.40 Å². The molecule has 0 radical (unpaired) electrons. The molecular formula is C23H26N4O3S. The summed E-state index contributed by atoms with van der Waals surface area (Å²) in [7, 11) is 4.01. The van der Waals surface area contributed by atoms with E-state index in [-0.39, 0.29) is 12.5 Å². The first-order valence-electron chi connectivity index (χ1n) is 10.3. The molecule has 0 spiro atoms. The van der Waals surface area contributed by atoms with E-state index < -0.39 is 5.76 Å². The van der Waals surface area contributed by atoms with Gasteiger partial charge in [-0.25, -0.2) is 9.78 Å². The number of aryl methyl sites for hydroxylation is 2. The van der Waals surface area contributed by atoms with Crippen molar-refractivity contribution in [2.75, 3.05) is 32.1 Å². The van der Waals surface area contributed by atoms with Gasteiger partial charge in [0.05, 0.1) is 15.7 Å². The second kappa shape index (κ2) is 8.64. The number of benzene rings is 2. The van der Waals surface area contributed by atoms with Gasteiger partial charge in [0.25, 0.3) is 0 Å². The van der Waals surface area contributed by atoms with Crippen molar-refractivity contribution in [2.45, 2.75) is 26.8 Å². The molecular weight excluding hydrogens is 412 g/mol. The molecule has 0 fully saturated rings. The van der Waals surface area contributed by atoms with Crippen LogP contribution in [-0.4, -0.2) is 47.5 Å². The molecule has 4 aromatic rings. The fourth-order valence-electron chi connectivity index (χ4n) is 3.59. The summed E-state index contributed by atoms with van der Waals surface area (Å²) in [6.45, 7) is 5.40. The number of para-hydroxylation sites is 2. The number of anilines is 1. The van der Waals surface area contributed by atoms with Crippen LogP contribution >= 0.6 is 11.3 Å². The van der Waals surface area contributed by atoms with E-state index in [1.165, 1.54) is 21.5 Å². The number of carbonyl (C=O) groups is 1. The third kappa shape index (κ3) is 4.26. The molecule has 0 saturated carbocycles. The van der Waals surface area contributed by atoms with Crippen LogP contribution in [0, 0.1) is 13.8 Å². The second-order valence-electron chi connectivity index (χ2n) is 7.97. The zero-order chi connectivity index (χ0) is 22.1. The summed E-state index contributed by atoms with van der Waals surface area (Å²) < 4.78 is 7.73. The Kier molecular flexibility index (Phi) is 5.93. The van der Waals surface area contributed by atoms with Crippen molar-refractivity contribution >= 4 is 43.7 Å². The average Bonchev–Trinajstić information content (AvgIpc) is 3.29. The van der Waals surface area contributed by atoms with Crippen LogP contribution in [-0.2, 0) is 11.3 Å². The summed E-state index contributed by atoms with van der Waals surface area (Å²) in [5.41, 5.74) is 4.32. The second-order valence-corrected chi connectivity index (χ2v) is 8.98. The van der Waals surface area contributed by atoms with E-state index in [0.29, 0.717) is 22.8 Å². The molecule has 0 bridgehead atoms. The minimum absolute atomic E-state index is 0.0915. The van der Waals surface area contributed by atoms with E-state index in [2.05, 4.69) is 30.9 Å². The predicted octanol–water partition coefficient (Wildman–Crippen LogP) is 3.81. The molecule has 2 aromatic carbocycles. The normalized spacial score (nSPS) is 11.6. The number of oxazole rings is 1. The molecule has 0 atom stereocenters. The summed E-state index contributed by atoms with van der Waals surface area (Å²) >= 11 is 1.51. The Balaban J connectivity index is 1.69. The molecule has 0 aliphatic heterocycles. The maximum Gasteiger partial charge on any atom is 0.420 e. The van der Waals surface area contributed by atoms with Gasteiger partial charge in [0.2, 0.25) is 5.91 Å². The third-order valence-electron chi connectivity index (χ3n) is 5.46. The highest BCUT2D eigenvalue weighted by molar-refractivity contribution is 7.22. The first kappa shape index (κ1) is 21.3. The SMILES string of the molecule is Cc1ccc2sc(N(CCCN(C)C)C(=O)Cn3c(=O)oc4ccccc43)nc2c1C. The van der Waals surface area contributed by atoms with Crippen molar-refractivity contribution in [1.29, 1.82) is 0 Å². The molecule has 7 nitrogen and oxygen atoms in total. The number of fused-ring (bicyclic) bond motifs is 2. The summed E-state index contributed by atoms with van der Waals surface area (Å²) in [5.74, 6) is -0.709. The molecule has 1 amide bonds. The molecule has 0 unspecified atom stereocenters. The Morgan fingerprint density at radius 3 is 2.68 bits per heavy atom. The van der Waals surface area contributed by atoms with Gasteiger partial charge in [-0.1, -0.05) is 29.5 Å². The summed E-state index contributed by atoms with van der Waals surface area (Å²) in [6, 6.07) is 11.3. The van der Waals surface area contributed by atoms with Gasteiger partial charge in [0, 0.05) is 6.54 Å². The van der Waals surface area contributed by atoms with Crippen molar-refractivity contribution in [3.8, 4) is 0 Å². The van der Waals surface area contributed by atoms with E-state index in [1.54, 1.807) is 23.1 Å². The van der Waals surface area contributed by atoms with Crippen molar-refractivity contribution in [3.05, 3.63) is 58.1 Å². The van der Waals surface area contributed by atoms with Gasteiger partial charge in [-0.3, -0.25) is 14.3 Å². The van der Waals surface area contributed by atoms with Gasteiger partial charge < -0.3 is 9.32 Å². The van der Waals surface area contributed by atoms with Crippen LogP contribution in [0.15, 0.2) is 45.6 Å². The van der Waals surface area contributed by atoms with Gasteiger partial charge in [0.1, 0.15) is 6.54 Å². The van der Waals surface area contributed by atoms with E-state index in [0.717, 1.165) is 28.7 Å². The number of aromatic nitrogens is 2. The molecule has 162 valence electrons. The molecule has 0 aliphatic rings. The lowest BCUT2D eigenvalue weighted by atomic mass is 10.1. The monoisotopic (exact) mass is 438 g/mol. The minimum Gasteiger partial charge on any atom is -0.408 e. The molecule has 0 aliphatic carbocycles. The fraction of sp³-hybridized carbons (Fsp3) is 0.348. The Bertz CT molecular complexity index is 1300. The minimum atomic E-state index is -0.529. The number of carbonyl (C=O) groups excluding carboxylic acids is 1. The van der Waals surface area contributed by atoms with E-state index in [9.17, 15) is 9.59 Å². The molecule has 2 aromatic heterocycles. The van der Waals surface area contributed by atoms with Crippen molar-refractivity contribution in [1.82, 2.24) is 14.5 Å². The van der Waals surface area contributed by atoms with Crippen molar-refractivity contribution < 1.29 is 9.21 Å². The number of rotatable bonds is 7. The largest absolute Gasteiger partial charge is 0.420 e. The fourth-order valence-corrected chi connectivity index (χ4v) is 4.65. The highest BCUT2D eigenvalue weighted by atomic mass is 32.1. The smallest absolute Gasteiger partial charge is 0.408 e. The van der Waals surface area contributed by atoms with Crippen molar-refractivity contribution in [2.24, 2.45) is 0 Å². The first-order valence-corrected chi connectivity index (χ1v) is 11.1. The van der Waals surface area contributed by atoms with Gasteiger partial charge >= 0.3 is 5.76 Å². The van der Waals surface area contributed by atoms with Crippen molar-refractivity contribution in [3.63, 3.8) is 0 Å². The average molecular weight is 439 g/mol. The van der Waals surface area contributed by atoms with E-state index >= 15 is 0 Å². The molecule has 2 heterocycles. The quantitative estimate of drug-likeness (QED) is 0.439. The van der Waals surface area contributed by atoms with Crippen LogP contribution in [0.3, 0.4) is 0 Å². The van der Waals surface area contributed by atoms with Crippen LogP contribution in [0.5, 0.6) is 0 Å². The number of hydrogen-bond acceptors (Lipinski definition) is 6. The molecule has 4 rings (SSSR count). The summed E-state index contributed by atoms with van der Waals surface area (Å²) in [5, 5.41) is 0.660. The summed E-state index contributed by atoms with van der Waals surface area (Å²) in [4.78, 5) is 34.4. The Hall–Kier alpha value is -2.97. The maximum absolute atomic E-state index is 13.4. The topological polar surface area (TPSA) is 71.6 Å². The summed E-state index contributed by atoms with van der Waals surface area (Å²) in [6.07, 6.45) is 0.799. The van der Waals surface area contributed by atoms with Gasteiger partial charge in [-0.2, -0.15) is 0 Å². The number of hydrogen-bond donors (Lipinski definition) is 0.